The van der Waals surface area contributed by atoms with Crippen LogP contribution in [0.15, 0.2) is 146 Å². The number of aromatic hydroxyl groups is 4. The van der Waals surface area contributed by atoms with E-state index >= 15 is 28.8 Å². The molecular formula is C89H89Cl2N9O30. The van der Waals surface area contributed by atoms with E-state index < -0.39 is 284 Å². The fraction of sp³-hybridized carbons (Fsp3) is 0.348. The lowest BCUT2D eigenvalue weighted by Gasteiger charge is -2.42. The van der Waals surface area contributed by atoms with Gasteiger partial charge in [-0.1, -0.05) is 117 Å². The molecule has 18 atom stereocenters. The van der Waals surface area contributed by atoms with Gasteiger partial charge in [0, 0.05) is 41.7 Å². The van der Waals surface area contributed by atoms with Crippen molar-refractivity contribution in [1.82, 2.24) is 42.5 Å². The third-order valence-corrected chi connectivity index (χ3v) is 23.0. The summed E-state index contributed by atoms with van der Waals surface area (Å²) < 4.78 is 54.9. The van der Waals surface area contributed by atoms with Crippen LogP contribution < -0.4 is 66.2 Å². The van der Waals surface area contributed by atoms with Crippen LogP contribution in [0.3, 0.4) is 0 Å². The van der Waals surface area contributed by atoms with Crippen molar-refractivity contribution in [2.24, 2.45) is 5.92 Å². The Hall–Kier alpha value is -13.3. The van der Waals surface area contributed by atoms with Crippen LogP contribution in [0, 0.1) is 17.4 Å². The predicted molar refractivity (Wildman–Crippen MR) is 449 cm³/mol. The molecule has 0 aromatic heterocycles. The molecule has 0 radical (unpaired) electrons. The number of carbonyl (C=O) groups excluding carboxylic acids is 9. The summed E-state index contributed by atoms with van der Waals surface area (Å²) in [5.41, 5.74) is -3.10. The summed E-state index contributed by atoms with van der Waals surface area (Å²) in [5, 5.41) is 167. The number of fused-ring (bicyclic) bond motifs is 14. The highest BCUT2D eigenvalue weighted by Gasteiger charge is 2.50. The average Bonchev–Trinajstić information content (AvgIpc) is 0.762. The maximum Gasteiger partial charge on any atom is 0.408 e. The lowest BCUT2D eigenvalue weighted by molar-refractivity contribution is -0.277. The van der Waals surface area contributed by atoms with Crippen molar-refractivity contribution in [1.29, 1.82) is 5.26 Å². The van der Waals surface area contributed by atoms with Crippen LogP contribution >= 0.6 is 23.2 Å². The molecule has 16 rings (SSSR count). The maximum absolute atomic E-state index is 16.8. The molecule has 8 aliphatic rings. The van der Waals surface area contributed by atoms with E-state index in [1.807, 2.05) is 0 Å². The summed E-state index contributed by atoms with van der Waals surface area (Å²) in [5.74, 6) is -17.6. The van der Waals surface area contributed by atoms with Gasteiger partial charge in [0.2, 0.25) is 59.7 Å². The zero-order chi connectivity index (χ0) is 92.8. The number of aliphatic hydroxyl groups is 8. The Morgan fingerprint density at radius 2 is 1.15 bits per heavy atom. The number of alkyl carbamates (subject to hydrolysis) is 1. The quantitative estimate of drug-likeness (QED) is 0.0307. The van der Waals surface area contributed by atoms with E-state index in [0.29, 0.717) is 24.3 Å². The van der Waals surface area contributed by atoms with Crippen LogP contribution in [-0.4, -0.2) is 201 Å². The second-order valence-corrected chi connectivity index (χ2v) is 32.8. The number of phenolic OH excluding ortho intramolecular Hbond substituents is 4. The predicted octanol–water partition coefficient (Wildman–Crippen LogP) is 4.96. The Bertz CT molecular complexity index is 5710. The van der Waals surface area contributed by atoms with Gasteiger partial charge in [0.05, 0.1) is 23.3 Å². The van der Waals surface area contributed by atoms with Crippen molar-refractivity contribution < 1.29 is 147 Å². The van der Waals surface area contributed by atoms with Crippen LogP contribution in [0.2, 0.25) is 10.0 Å². The van der Waals surface area contributed by atoms with Gasteiger partial charge in [-0.05, 0) is 130 Å². The Morgan fingerprint density at radius 3 is 1.82 bits per heavy atom. The molecule has 41 heteroatoms. The minimum atomic E-state index is -2.48. The molecule has 8 aliphatic heterocycles. The highest BCUT2D eigenvalue weighted by atomic mass is 35.5. The molecule has 2 saturated heterocycles. The molecule has 17 bridgehead atoms. The molecule has 0 saturated carbocycles. The number of phenols is 4. The van der Waals surface area contributed by atoms with Crippen molar-refractivity contribution in [3.8, 4) is 86.4 Å². The zero-order valence-corrected chi connectivity index (χ0v) is 70.3. The lowest BCUT2D eigenvalue weighted by Crippen LogP contribution is -2.65. The summed E-state index contributed by atoms with van der Waals surface area (Å²) in [4.78, 5) is 139. The van der Waals surface area contributed by atoms with E-state index in [2.05, 4.69) is 56.4 Å². The van der Waals surface area contributed by atoms with Crippen molar-refractivity contribution >= 4 is 76.6 Å². The number of amides is 8. The maximum atomic E-state index is 16.8. The number of hydrogen-bond acceptors (Lipinski definition) is 31. The SMILES string of the molecule is CC(C)CCCCCCC(=O)N[C@H]1[C@H](Oc2c3cc4cc2Oc2ccc(cc2Cl)[C@@H](O)[C@@H]2NC(=O)[C@H](NC(=O)[C@@H]4NC(=O)[C@H]4NC(=O)[C@@H](Cc5ccc(c(Cl)c5)O3)NC(=O)[C@H](NC(=O)OCc3ccccc3)c3ccc(O)c(c3)Oc3cc(O)cc4c3)c3ccc(O)c(c3)-c3c(O[C@H]4O[C@H](CO)[C@@H](O)[C@H](O)[C@@H]4O)cc(O)cc3[C@@H](C(=O)OC#N)NC2=O)O[C@H](CO)[C@@H](O)[C@@H]1O. The standard InChI is InChI=1S/C89H89Cl2N9O30/c1-38(2)10-6-3-4-9-13-64(107)94-72-76(111)74(109)62(34-101)128-87(72)130-79-60-29-45-30-61(79)126-57-21-17-43(27-52(57)91)73(108)71-85(119)98-70(86(120)123-37-92)50-32-47(104)33-59(127-88-78(113)77(112)75(110)63(35-102)129-88)65(50)49-26-41(15-18-54(49)105)66(82(116)99-71)96-84(118)69(45)97-83(117)68-44-24-46(103)31-48(25-44)124-58-28-42(16-19-55(58)106)67(100-89(121)122-36-39-11-7-5-8-12-39)81(115)93-53(80(114)95-68)23-40-14-20-56(125-60)51(90)22-40/h5,7-8,11-12,14-22,24-33,38,53,62-63,66-78,87-88,101-106,108-113H,3-4,6,9-10,13,23,34-36H2,1-2H3,(H,93,115)(H,94,107)(H,95,114)(H,96,118)(H,97,117)(H,98,119)(H,99,116)(H,100,121)/t53-,62-,63-,66-,67-,68+,69-,70+,71+,72-,73-,74-,75-,76-,77+,78+,87+,88+/m1/s1. The van der Waals surface area contributed by atoms with Crippen molar-refractivity contribution in [3.05, 3.63) is 200 Å². The van der Waals surface area contributed by atoms with Gasteiger partial charge in [0.25, 0.3) is 6.26 Å². The zero-order valence-electron chi connectivity index (χ0n) is 68.8. The highest BCUT2D eigenvalue weighted by molar-refractivity contribution is 6.32. The number of rotatable bonds is 18. The number of hydrogen-bond donors (Lipinski definition) is 20. The van der Waals surface area contributed by atoms with Crippen LogP contribution in [0.25, 0.3) is 11.1 Å². The first-order chi connectivity index (χ1) is 62.2. The molecular weight excluding hydrogens is 1750 g/mol. The molecule has 39 nitrogen and oxygen atoms in total. The third-order valence-electron chi connectivity index (χ3n) is 22.4. The smallest absolute Gasteiger partial charge is 0.408 e. The highest BCUT2D eigenvalue weighted by Crippen LogP contribution is 2.51. The lowest BCUT2D eigenvalue weighted by atomic mass is 9.89. The van der Waals surface area contributed by atoms with E-state index in [-0.39, 0.29) is 40.5 Å². The molecule has 130 heavy (non-hydrogen) atoms. The molecule has 20 N–H and O–H groups in total. The molecule has 8 aromatic carbocycles. The van der Waals surface area contributed by atoms with Gasteiger partial charge < -0.3 is 146 Å². The van der Waals surface area contributed by atoms with Crippen molar-refractivity contribution in [2.45, 2.75) is 175 Å². The number of halogens is 2. The Morgan fingerprint density at radius 1 is 0.538 bits per heavy atom. The van der Waals surface area contributed by atoms with E-state index in [0.717, 1.165) is 110 Å². The summed E-state index contributed by atoms with van der Waals surface area (Å²) in [6, 6.07) is 11.3. The Kier molecular flexibility index (Phi) is 28.7. The number of nitrogens with one attached hydrogen (secondary N) is 8. The molecule has 684 valence electrons. The fourth-order valence-corrected chi connectivity index (χ4v) is 16.2. The van der Waals surface area contributed by atoms with Crippen molar-refractivity contribution in [2.75, 3.05) is 13.2 Å². The van der Waals surface area contributed by atoms with Gasteiger partial charge in [-0.25, -0.2) is 9.59 Å². The summed E-state index contributed by atoms with van der Waals surface area (Å²) >= 11 is 14.5. The number of benzene rings is 8. The molecule has 8 heterocycles. The number of unbranched alkanes of at least 4 members (excludes halogenated alkanes) is 3. The molecule has 8 amide bonds. The van der Waals surface area contributed by atoms with Gasteiger partial charge in [0.15, 0.2) is 29.0 Å². The number of nitriles is 1. The van der Waals surface area contributed by atoms with E-state index in [9.17, 15) is 80.9 Å². The average molecular weight is 1840 g/mol. The van der Waals surface area contributed by atoms with Gasteiger partial charge >= 0.3 is 12.1 Å². The first kappa shape index (κ1) is 92.8. The minimum Gasteiger partial charge on any atom is -0.508 e. The summed E-state index contributed by atoms with van der Waals surface area (Å²) in [7, 11) is 0. The monoisotopic (exact) mass is 1830 g/mol. The summed E-state index contributed by atoms with van der Waals surface area (Å²) in [6.45, 7) is 1.85. The van der Waals surface area contributed by atoms with Crippen LogP contribution in [0.4, 0.5) is 4.79 Å². The molecule has 0 aliphatic carbocycles. The first-order valence-corrected chi connectivity index (χ1v) is 41.8. The van der Waals surface area contributed by atoms with E-state index in [1.54, 1.807) is 30.3 Å². The third kappa shape index (κ3) is 20.7. The number of carbonyl (C=O) groups is 9. The van der Waals surface area contributed by atoms with Gasteiger partial charge in [-0.2, -0.15) is 0 Å². The normalized spacial score (nSPS) is 25.4. The van der Waals surface area contributed by atoms with Gasteiger partial charge in [-0.15, -0.1) is 5.26 Å². The van der Waals surface area contributed by atoms with Crippen LogP contribution in [0.5, 0.6) is 69.0 Å². The molecule has 0 spiro atoms. The second kappa shape index (κ2) is 40.1. The number of nitrogens with zero attached hydrogens (tertiary/aromatic N) is 1. The molecule has 8 aromatic rings. The second-order valence-electron chi connectivity index (χ2n) is 32.0. The fourth-order valence-electron chi connectivity index (χ4n) is 15.7. The first-order valence-electron chi connectivity index (χ1n) is 41.0. The molecule has 2 fully saturated rings. The van der Waals surface area contributed by atoms with Gasteiger partial charge in [-0.3, -0.25) is 33.6 Å². The number of ether oxygens (including phenoxy) is 9. The van der Waals surface area contributed by atoms with Crippen molar-refractivity contribution in [3.63, 3.8) is 0 Å². The largest absolute Gasteiger partial charge is 0.508 e. The molecule has 0 unspecified atom stereocenters. The number of esters is 1. The van der Waals surface area contributed by atoms with Gasteiger partial charge in [0.1, 0.15) is 138 Å². The minimum absolute atomic E-state index is 0.0864. The Labute approximate surface area is 748 Å². The topological polar surface area (TPSA) is 599 Å². The Balaban J connectivity index is 0.986. The van der Waals surface area contributed by atoms with E-state index in [1.165, 1.54) is 30.5 Å². The van der Waals surface area contributed by atoms with Crippen LogP contribution in [-0.2, 0) is 70.3 Å². The van der Waals surface area contributed by atoms with E-state index in [4.69, 9.17) is 65.8 Å². The summed E-state index contributed by atoms with van der Waals surface area (Å²) in [6.07, 6.45) is -17.3. The van der Waals surface area contributed by atoms with Crippen LogP contribution in [0.1, 0.15) is 133 Å². The number of aliphatic hydroxyl groups excluding tert-OH is 8.